The fourth-order valence-electron chi connectivity index (χ4n) is 3.00. The van der Waals surface area contributed by atoms with Crippen molar-refractivity contribution in [3.05, 3.63) is 29.8 Å². The van der Waals surface area contributed by atoms with Gasteiger partial charge in [-0.05, 0) is 38.8 Å². The number of benzene rings is 1. The van der Waals surface area contributed by atoms with Gasteiger partial charge in [-0.15, -0.1) is 24.0 Å². The molecule has 0 saturated carbocycles. The number of amides is 1. The Morgan fingerprint density at radius 2 is 2.04 bits per heavy atom. The summed E-state index contributed by atoms with van der Waals surface area (Å²) in [4.78, 5) is 18.5. The van der Waals surface area contributed by atoms with Gasteiger partial charge in [-0.3, -0.25) is 9.79 Å². The fraction of sp³-hybridized carbons (Fsp3) is 0.600. The van der Waals surface area contributed by atoms with Gasteiger partial charge in [-0.25, -0.2) is 0 Å². The highest BCUT2D eigenvalue weighted by Crippen LogP contribution is 2.20. The molecule has 2 atom stereocenters. The Balaban J connectivity index is 0.00000364. The third kappa shape index (κ3) is 7.94. The van der Waals surface area contributed by atoms with Gasteiger partial charge in [-0.2, -0.15) is 0 Å². The molecule has 27 heavy (non-hydrogen) atoms. The van der Waals surface area contributed by atoms with Gasteiger partial charge >= 0.3 is 0 Å². The molecule has 1 fully saturated rings. The first-order chi connectivity index (χ1) is 12.5. The Morgan fingerprint density at radius 1 is 1.33 bits per heavy atom. The molecule has 2 unspecified atom stereocenters. The van der Waals surface area contributed by atoms with Gasteiger partial charge in [0.05, 0.1) is 0 Å². The minimum atomic E-state index is 0. The van der Waals surface area contributed by atoms with Crippen molar-refractivity contribution in [2.75, 3.05) is 31.6 Å². The Labute approximate surface area is 180 Å². The SMILES string of the molecule is CCC(C)NC(=O)CCNC(=NC)NC1CCN(c2ccc(C)cc2)C1.I. The molecule has 1 aromatic rings. The normalized spacial score (nSPS) is 17.9. The highest BCUT2D eigenvalue weighted by molar-refractivity contribution is 14.0. The number of guanidine groups is 1. The zero-order chi connectivity index (χ0) is 18.9. The Bertz CT molecular complexity index is 605. The molecule has 1 aliphatic rings. The number of nitrogens with one attached hydrogen (secondary N) is 3. The number of halogens is 1. The van der Waals surface area contributed by atoms with Gasteiger partial charge in [0.1, 0.15) is 0 Å². The van der Waals surface area contributed by atoms with E-state index in [4.69, 9.17) is 0 Å². The molecule has 1 heterocycles. The number of nitrogens with zero attached hydrogens (tertiary/aromatic N) is 2. The average Bonchev–Trinajstić information content (AvgIpc) is 3.09. The van der Waals surface area contributed by atoms with Crippen LogP contribution in [0, 0.1) is 6.92 Å². The number of hydrogen-bond acceptors (Lipinski definition) is 3. The predicted molar refractivity (Wildman–Crippen MR) is 124 cm³/mol. The quantitative estimate of drug-likeness (QED) is 0.314. The van der Waals surface area contributed by atoms with Gasteiger partial charge in [0, 0.05) is 50.9 Å². The first-order valence-electron chi connectivity index (χ1n) is 9.60. The van der Waals surface area contributed by atoms with Crippen molar-refractivity contribution in [3.63, 3.8) is 0 Å². The smallest absolute Gasteiger partial charge is 0.221 e. The Morgan fingerprint density at radius 3 is 2.67 bits per heavy atom. The second-order valence-electron chi connectivity index (χ2n) is 7.04. The molecule has 0 aliphatic carbocycles. The molecule has 7 heteroatoms. The van der Waals surface area contributed by atoms with Crippen molar-refractivity contribution < 1.29 is 4.79 Å². The van der Waals surface area contributed by atoms with Crippen LogP contribution in [-0.4, -0.2) is 50.6 Å². The van der Waals surface area contributed by atoms with E-state index in [0.29, 0.717) is 19.0 Å². The molecule has 0 radical (unpaired) electrons. The monoisotopic (exact) mass is 487 g/mol. The van der Waals surface area contributed by atoms with Crippen molar-refractivity contribution in [2.45, 2.75) is 52.1 Å². The topological polar surface area (TPSA) is 68.8 Å². The van der Waals surface area contributed by atoms with Crippen LogP contribution in [0.5, 0.6) is 0 Å². The first-order valence-corrected chi connectivity index (χ1v) is 9.60. The number of carbonyl (C=O) groups excluding carboxylic acids is 1. The molecule has 1 aliphatic heterocycles. The standard InChI is InChI=1S/C20H33N5O.HI/c1-5-16(3)23-19(26)10-12-22-20(21-4)24-17-11-13-25(14-17)18-8-6-15(2)7-9-18;/h6-9,16-17H,5,10-14H2,1-4H3,(H,23,26)(H2,21,22,24);1H. The third-order valence-corrected chi connectivity index (χ3v) is 4.82. The molecule has 152 valence electrons. The number of hydrogen-bond donors (Lipinski definition) is 3. The molecular formula is C20H34IN5O. The summed E-state index contributed by atoms with van der Waals surface area (Å²) in [5.74, 6) is 0.839. The fourth-order valence-corrected chi connectivity index (χ4v) is 3.00. The van der Waals surface area contributed by atoms with E-state index < -0.39 is 0 Å². The number of carbonyl (C=O) groups is 1. The van der Waals surface area contributed by atoms with E-state index in [1.807, 2.05) is 6.92 Å². The average molecular weight is 487 g/mol. The van der Waals surface area contributed by atoms with Crippen LogP contribution in [0.1, 0.15) is 38.7 Å². The van der Waals surface area contributed by atoms with E-state index in [2.05, 4.69) is 64.0 Å². The molecule has 3 N–H and O–H groups in total. The number of aliphatic imine (C=N–C) groups is 1. The number of aryl methyl sites for hydroxylation is 1. The van der Waals surface area contributed by atoms with Gasteiger partial charge in [0.25, 0.3) is 0 Å². The lowest BCUT2D eigenvalue weighted by Crippen LogP contribution is -2.45. The number of anilines is 1. The lowest BCUT2D eigenvalue weighted by molar-refractivity contribution is -0.121. The second-order valence-corrected chi connectivity index (χ2v) is 7.04. The van der Waals surface area contributed by atoms with Crippen molar-refractivity contribution in [1.82, 2.24) is 16.0 Å². The molecular weight excluding hydrogens is 453 g/mol. The summed E-state index contributed by atoms with van der Waals surface area (Å²) in [6.07, 6.45) is 2.47. The lowest BCUT2D eigenvalue weighted by Gasteiger charge is -2.20. The van der Waals surface area contributed by atoms with Crippen LogP contribution in [0.4, 0.5) is 5.69 Å². The van der Waals surface area contributed by atoms with E-state index in [1.165, 1.54) is 11.3 Å². The van der Waals surface area contributed by atoms with Crippen LogP contribution in [-0.2, 0) is 4.79 Å². The molecule has 1 aromatic carbocycles. The maximum atomic E-state index is 11.8. The zero-order valence-electron chi connectivity index (χ0n) is 16.9. The van der Waals surface area contributed by atoms with Gasteiger partial charge in [0.15, 0.2) is 5.96 Å². The van der Waals surface area contributed by atoms with E-state index in [9.17, 15) is 4.79 Å². The Hall–Kier alpha value is -1.51. The predicted octanol–water partition coefficient (Wildman–Crippen LogP) is 2.66. The van der Waals surface area contributed by atoms with Crippen molar-refractivity contribution in [3.8, 4) is 0 Å². The highest BCUT2D eigenvalue weighted by Gasteiger charge is 2.23. The summed E-state index contributed by atoms with van der Waals surface area (Å²) in [6, 6.07) is 9.26. The van der Waals surface area contributed by atoms with Crippen molar-refractivity contribution in [2.24, 2.45) is 4.99 Å². The van der Waals surface area contributed by atoms with Crippen molar-refractivity contribution in [1.29, 1.82) is 0 Å². The van der Waals surface area contributed by atoms with Gasteiger partial charge in [0.2, 0.25) is 5.91 Å². The summed E-state index contributed by atoms with van der Waals surface area (Å²) < 4.78 is 0. The van der Waals surface area contributed by atoms with Gasteiger partial charge < -0.3 is 20.9 Å². The zero-order valence-corrected chi connectivity index (χ0v) is 19.2. The van der Waals surface area contributed by atoms with E-state index >= 15 is 0 Å². The van der Waals surface area contributed by atoms with Crippen LogP contribution in [0.25, 0.3) is 0 Å². The van der Waals surface area contributed by atoms with E-state index in [1.54, 1.807) is 7.05 Å². The molecule has 2 rings (SSSR count). The summed E-state index contributed by atoms with van der Waals surface area (Å²) in [6.45, 7) is 8.77. The molecule has 1 saturated heterocycles. The molecule has 0 bridgehead atoms. The third-order valence-electron chi connectivity index (χ3n) is 4.82. The lowest BCUT2D eigenvalue weighted by atomic mass is 10.2. The van der Waals surface area contributed by atoms with Crippen LogP contribution < -0.4 is 20.9 Å². The van der Waals surface area contributed by atoms with Gasteiger partial charge in [-0.1, -0.05) is 24.6 Å². The summed E-state index contributed by atoms with van der Waals surface area (Å²) in [5, 5.41) is 9.68. The van der Waals surface area contributed by atoms with Crippen LogP contribution in [0.15, 0.2) is 29.3 Å². The minimum absolute atomic E-state index is 0. The first kappa shape index (κ1) is 23.5. The highest BCUT2D eigenvalue weighted by atomic mass is 127. The van der Waals surface area contributed by atoms with Crippen LogP contribution >= 0.6 is 24.0 Å². The summed E-state index contributed by atoms with van der Waals surface area (Å²) >= 11 is 0. The van der Waals surface area contributed by atoms with Crippen molar-refractivity contribution >= 4 is 41.5 Å². The summed E-state index contributed by atoms with van der Waals surface area (Å²) in [5.41, 5.74) is 2.55. The van der Waals surface area contributed by atoms with E-state index in [0.717, 1.165) is 31.9 Å². The van der Waals surface area contributed by atoms with Crippen LogP contribution in [0.3, 0.4) is 0 Å². The number of rotatable bonds is 7. The Kier molecular flexibility index (Phi) is 10.5. The second kappa shape index (κ2) is 12.0. The minimum Gasteiger partial charge on any atom is -0.369 e. The van der Waals surface area contributed by atoms with E-state index in [-0.39, 0.29) is 35.9 Å². The summed E-state index contributed by atoms with van der Waals surface area (Å²) in [7, 11) is 1.77. The maximum Gasteiger partial charge on any atom is 0.221 e. The largest absolute Gasteiger partial charge is 0.369 e. The molecule has 1 amide bonds. The maximum absolute atomic E-state index is 11.8. The van der Waals surface area contributed by atoms with Crippen LogP contribution in [0.2, 0.25) is 0 Å². The molecule has 6 nitrogen and oxygen atoms in total. The molecule has 0 aromatic heterocycles. The molecule has 0 spiro atoms.